The third-order valence-electron chi connectivity index (χ3n) is 33.0. The predicted molar refractivity (Wildman–Crippen MR) is 420 cm³/mol. The molecule has 0 aromatic rings. The molecule has 14 aliphatic rings. The molecule has 24 nitrogen and oxygen atoms in total. The van der Waals surface area contributed by atoms with Gasteiger partial charge in [0.05, 0.1) is 97.8 Å². The van der Waals surface area contributed by atoms with E-state index in [1.807, 2.05) is 58.9 Å². The number of ketones is 2. The second-order valence-electron chi connectivity index (χ2n) is 38.6. The number of aliphatic carboxylic acids is 2. The van der Waals surface area contributed by atoms with Crippen LogP contribution in [0.1, 0.15) is 268 Å². The van der Waals surface area contributed by atoms with Crippen LogP contribution in [-0.2, 0) is 95.4 Å². The highest BCUT2D eigenvalue weighted by Crippen LogP contribution is 2.70. The Bertz CT molecular complexity index is 3650. The molecule has 14 aliphatic carbocycles. The van der Waals surface area contributed by atoms with Crippen LogP contribution in [0.4, 0.5) is 0 Å². The summed E-state index contributed by atoms with van der Waals surface area (Å²) in [6.45, 7) is 22.0. The van der Waals surface area contributed by atoms with Gasteiger partial charge in [0.15, 0.2) is 0 Å². The molecule has 0 aromatic heterocycles. The van der Waals surface area contributed by atoms with Crippen LogP contribution in [0.2, 0.25) is 0 Å². The van der Waals surface area contributed by atoms with Crippen molar-refractivity contribution in [3.05, 3.63) is 48.6 Å². The molecule has 4 N–H and O–H groups in total. The average Bonchev–Trinajstić information content (AvgIpc) is 1.00. The third kappa shape index (κ3) is 17.9. The summed E-state index contributed by atoms with van der Waals surface area (Å²) in [5.41, 5.74) is -0.944. The summed E-state index contributed by atoms with van der Waals surface area (Å²) < 4.78 is 78.6. The van der Waals surface area contributed by atoms with Gasteiger partial charge in [-0.25, -0.2) is 0 Å². The van der Waals surface area contributed by atoms with Gasteiger partial charge in [0, 0.05) is 54.1 Å². The zero-order valence-electron chi connectivity index (χ0n) is 70.2. The van der Waals surface area contributed by atoms with Crippen molar-refractivity contribution in [1.29, 1.82) is 0 Å². The van der Waals surface area contributed by atoms with Crippen molar-refractivity contribution in [2.75, 3.05) is 74.5 Å². The van der Waals surface area contributed by atoms with Crippen LogP contribution in [0.15, 0.2) is 48.6 Å². The Morgan fingerprint density at radius 3 is 0.911 bits per heavy atom. The molecule has 0 spiro atoms. The standard InChI is InChI=1S/C12H20O6S2.C12H16O4.C12H20O4.C11H16O3.C10H16O4.C10H16O2.C10H16.C9H14O/c1-19(13,14)17-9-11-5-3-4-6-12(11,8-7-11)10-18-20(2,15)16;1-15-9(13)11-5-3-4-6-12(11,8-7-11)10(14)16-2;1-11(7-9(13)15-3)5-6-12(11,2)8-10(14)16-4;1-10-4-5-11(10,2)8(7(12)6-10)9(13)14-3;1-9(5-7(11)12)3-4-10(9,2)6-8(13)14;11-7-9-3-1-2-4-10(9,8-12)6-5-9;1-9-5-3-4-6-10(9,2)8-7-9;1-8-3-4-9(8,2)6-7(10)5-8/h3-4H,5-10H2,1-2H3;3-4H,5-8H2,1-2H3;5-8H2,1-4H3;8H,4-6H2,1-3H3;3-6H2,1-2H3,(H,11,12)(H,13,14);1-2,11-12H,3-8H2;3-4H,5-8H2,1-2H3;3-6H2,1-2H3/t3*11-,12+;8?,10-,11+;3*9-,10+;8-,9+/m...0..../s1. The summed E-state index contributed by atoms with van der Waals surface area (Å²) in [7, 11) is -0.131. The summed E-state index contributed by atoms with van der Waals surface area (Å²) in [5.74, 6) is -2.97. The number of aliphatic hydroxyl groups is 2. The normalized spacial score (nSPS) is 40.2. The number of aliphatic hydroxyl groups excluding tert-OH is 2. The van der Waals surface area contributed by atoms with Crippen molar-refractivity contribution < 1.29 is 112 Å². The maximum Gasteiger partial charge on any atom is 0.316 e. The van der Waals surface area contributed by atoms with Crippen molar-refractivity contribution in [3.8, 4) is 0 Å². The number of hydrogen-bond donors (Lipinski definition) is 4. The molecule has 0 bridgehead atoms. The zero-order valence-corrected chi connectivity index (χ0v) is 71.8. The van der Waals surface area contributed by atoms with Gasteiger partial charge in [-0.15, -0.1) is 0 Å². The molecule has 0 radical (unpaired) electrons. The number of carboxylic acid groups (broad SMARTS) is 2. The minimum absolute atomic E-state index is 0.0243. The first-order valence-electron chi connectivity index (χ1n) is 40.2. The monoisotopic (exact) mass is 1610 g/mol. The average molecular weight is 1620 g/mol. The fraction of sp³-hybridized carbons (Fsp3) is 0.802. The second-order valence-corrected chi connectivity index (χ2v) is 41.9. The Balaban J connectivity index is 0.000000179. The Labute approximate surface area is 666 Å². The van der Waals surface area contributed by atoms with E-state index in [0.717, 1.165) is 102 Å². The van der Waals surface area contributed by atoms with E-state index in [9.17, 15) is 70.2 Å². The smallest absolute Gasteiger partial charge is 0.316 e. The van der Waals surface area contributed by atoms with Gasteiger partial charge in [0.2, 0.25) is 0 Å². The van der Waals surface area contributed by atoms with Gasteiger partial charge in [-0.05, 0) is 208 Å². The Kier molecular flexibility index (Phi) is 28.8. The lowest BCUT2D eigenvalue weighted by Crippen LogP contribution is -2.61. The first-order valence-corrected chi connectivity index (χ1v) is 43.8. The van der Waals surface area contributed by atoms with Crippen molar-refractivity contribution in [1.82, 2.24) is 0 Å². The van der Waals surface area contributed by atoms with Gasteiger partial charge in [0.1, 0.15) is 17.5 Å². The van der Waals surface area contributed by atoms with Crippen molar-refractivity contribution in [2.45, 2.75) is 268 Å². The molecule has 112 heavy (non-hydrogen) atoms. The molecule has 14 rings (SSSR count). The number of allylic oxidation sites excluding steroid dienone is 8. The number of ether oxygens (including phenoxy) is 5. The van der Waals surface area contributed by atoms with E-state index in [-0.39, 0.29) is 129 Å². The number of fused-ring (bicyclic) bond motifs is 6. The number of carbonyl (C=O) groups is 9. The van der Waals surface area contributed by atoms with Crippen molar-refractivity contribution in [2.24, 2.45) is 92.6 Å². The first-order chi connectivity index (χ1) is 51.8. The maximum absolute atomic E-state index is 11.9. The topological polar surface area (TPSA) is 367 Å². The largest absolute Gasteiger partial charge is 0.481 e. The van der Waals surface area contributed by atoms with Crippen LogP contribution in [-0.4, -0.2) is 165 Å². The lowest BCUT2D eigenvalue weighted by atomic mass is 9.45. The lowest BCUT2D eigenvalue weighted by molar-refractivity contribution is -0.197. The fourth-order valence-corrected chi connectivity index (χ4v) is 22.3. The molecule has 10 saturated carbocycles. The number of hydrogen-bond acceptors (Lipinski definition) is 22. The van der Waals surface area contributed by atoms with Crippen molar-refractivity contribution in [3.63, 3.8) is 0 Å². The van der Waals surface area contributed by atoms with Crippen LogP contribution in [0.3, 0.4) is 0 Å². The second kappa shape index (κ2) is 34.5. The molecular weight excluding hydrogens is 1480 g/mol. The van der Waals surface area contributed by atoms with Crippen LogP contribution in [0.5, 0.6) is 0 Å². The Hall–Kier alpha value is -5.67. The van der Waals surface area contributed by atoms with Gasteiger partial charge in [-0.1, -0.05) is 118 Å². The number of carbonyl (C=O) groups excluding carboxylic acids is 7. The van der Waals surface area contributed by atoms with E-state index in [0.29, 0.717) is 85.2 Å². The van der Waals surface area contributed by atoms with Crippen LogP contribution < -0.4 is 0 Å². The van der Waals surface area contributed by atoms with Gasteiger partial charge in [-0.3, -0.25) is 51.5 Å². The van der Waals surface area contributed by atoms with E-state index >= 15 is 0 Å². The summed E-state index contributed by atoms with van der Waals surface area (Å²) in [4.78, 5) is 102. The third-order valence-corrected chi connectivity index (χ3v) is 34.1. The molecule has 10 fully saturated rings. The van der Waals surface area contributed by atoms with Crippen LogP contribution in [0, 0.1) is 92.6 Å². The van der Waals surface area contributed by atoms with Crippen LogP contribution in [0.25, 0.3) is 0 Å². The molecule has 1 unspecified atom stereocenters. The molecule has 0 aromatic carbocycles. The zero-order chi connectivity index (χ0) is 84.1. The minimum atomic E-state index is -3.50. The fourth-order valence-electron chi connectivity index (χ4n) is 21.4. The van der Waals surface area contributed by atoms with Gasteiger partial charge in [0.25, 0.3) is 20.2 Å². The van der Waals surface area contributed by atoms with Gasteiger partial charge < -0.3 is 44.1 Å². The van der Waals surface area contributed by atoms with E-state index in [1.165, 1.54) is 74.1 Å². The molecule has 634 valence electrons. The summed E-state index contributed by atoms with van der Waals surface area (Å²) in [6.07, 6.45) is 45.4. The number of methoxy groups -OCH3 is 5. The Morgan fingerprint density at radius 1 is 0.375 bits per heavy atom. The SMILES string of the molecule is COC(=O)C1C(=O)C[C@]2(C)CC[C@]12C.COC(=O)C[C@]1(C)CC[C@]1(C)CC(=O)OC.COC(=O)[C@@]12CC=CC[C@]1(C(=O)OC)CC2.CS(=O)(=O)OC[C@@]12CC=CC[C@]1(COS(C)(=O)=O)CC2.C[C@@]1(CC(=O)O)CC[C@]1(C)CC(=O)O.C[C@@]12CC=CC[C@]1(C)CC2.C[C@@]12CC[C@]1(C)CC(=O)C2.OC[C@@]12CC=CC[C@]1(CO)CC2. The van der Waals surface area contributed by atoms with Gasteiger partial charge in [-0.2, -0.15) is 16.8 Å². The molecule has 17 atom stereocenters. The summed E-state index contributed by atoms with van der Waals surface area (Å²) in [5, 5.41) is 36.1. The van der Waals surface area contributed by atoms with Gasteiger partial charge >= 0.3 is 41.8 Å². The summed E-state index contributed by atoms with van der Waals surface area (Å²) >= 11 is 0. The van der Waals surface area contributed by atoms with E-state index in [2.05, 4.69) is 58.9 Å². The number of Topliss-reactive ketones (excluding diaryl/α,β-unsaturated/α-hetero) is 2. The minimum Gasteiger partial charge on any atom is -0.481 e. The number of carboxylic acids is 2. The molecule has 0 saturated heterocycles. The highest BCUT2D eigenvalue weighted by molar-refractivity contribution is 7.86. The first kappa shape index (κ1) is 93.5. The molecule has 0 amide bonds. The molecule has 0 aliphatic heterocycles. The number of esters is 5. The summed E-state index contributed by atoms with van der Waals surface area (Å²) in [6, 6.07) is 0. The van der Waals surface area contributed by atoms with E-state index in [1.54, 1.807) is 0 Å². The predicted octanol–water partition coefficient (Wildman–Crippen LogP) is 14.1. The molecule has 26 heteroatoms. The Morgan fingerprint density at radius 2 is 0.688 bits per heavy atom. The van der Waals surface area contributed by atoms with Crippen molar-refractivity contribution >= 4 is 73.6 Å². The van der Waals surface area contributed by atoms with E-state index < -0.39 is 48.9 Å². The lowest BCUT2D eigenvalue weighted by Gasteiger charge is -2.60. The molecule has 0 heterocycles. The van der Waals surface area contributed by atoms with E-state index in [4.69, 9.17) is 42.3 Å². The molecular formula is C86H134O24S2. The van der Waals surface area contributed by atoms with Crippen LogP contribution >= 0.6 is 0 Å². The highest BCUT2D eigenvalue weighted by atomic mass is 32.2. The highest BCUT2D eigenvalue weighted by Gasteiger charge is 2.70. The quantitative estimate of drug-likeness (QED) is 0.0307. The number of rotatable bonds is 19. The maximum atomic E-state index is 11.9.